The molecule has 1 aliphatic rings. The average molecular weight is 398 g/mol. The van der Waals surface area contributed by atoms with Gasteiger partial charge >= 0.3 is 6.03 Å². The van der Waals surface area contributed by atoms with Crippen LogP contribution in [0.1, 0.15) is 43.1 Å². The van der Waals surface area contributed by atoms with Gasteiger partial charge in [0.15, 0.2) is 5.82 Å². The van der Waals surface area contributed by atoms with Gasteiger partial charge in [0.05, 0.1) is 23.5 Å². The van der Waals surface area contributed by atoms with Crippen molar-refractivity contribution in [2.75, 3.05) is 11.9 Å². The van der Waals surface area contributed by atoms with Crippen LogP contribution in [0.2, 0.25) is 0 Å². The molecule has 1 atom stereocenters. The van der Waals surface area contributed by atoms with Crippen molar-refractivity contribution in [2.45, 2.75) is 38.6 Å². The van der Waals surface area contributed by atoms with E-state index in [1.807, 2.05) is 7.05 Å². The van der Waals surface area contributed by atoms with Crippen LogP contribution in [-0.2, 0) is 7.05 Å². The summed E-state index contributed by atoms with van der Waals surface area (Å²) >= 11 is 0. The molecule has 8 nitrogen and oxygen atoms in total. The van der Waals surface area contributed by atoms with Gasteiger partial charge in [0.2, 0.25) is 0 Å². The van der Waals surface area contributed by atoms with Gasteiger partial charge in [-0.2, -0.15) is 10.1 Å². The summed E-state index contributed by atoms with van der Waals surface area (Å²) in [6, 6.07) is 4.03. The van der Waals surface area contributed by atoms with Crippen LogP contribution in [0.3, 0.4) is 0 Å². The van der Waals surface area contributed by atoms with Crippen LogP contribution in [0, 0.1) is 12.7 Å². The lowest BCUT2D eigenvalue weighted by molar-refractivity contribution is 0.184. The Balaban J connectivity index is 1.57. The van der Waals surface area contributed by atoms with Gasteiger partial charge in [-0.25, -0.2) is 9.18 Å². The Morgan fingerprint density at radius 2 is 2.17 bits per heavy atom. The predicted molar refractivity (Wildman–Crippen MR) is 105 cm³/mol. The van der Waals surface area contributed by atoms with Gasteiger partial charge in [0.25, 0.3) is 5.89 Å². The van der Waals surface area contributed by atoms with E-state index in [1.165, 1.54) is 6.07 Å². The molecule has 3 aromatic rings. The van der Waals surface area contributed by atoms with Crippen molar-refractivity contribution < 1.29 is 13.7 Å². The highest BCUT2D eigenvalue weighted by molar-refractivity contribution is 5.89. The highest BCUT2D eigenvalue weighted by Gasteiger charge is 2.31. The quantitative estimate of drug-likeness (QED) is 0.718. The Labute approximate surface area is 167 Å². The summed E-state index contributed by atoms with van der Waals surface area (Å²) in [6.07, 6.45) is 6.98. The Morgan fingerprint density at radius 1 is 1.31 bits per heavy atom. The van der Waals surface area contributed by atoms with Crippen molar-refractivity contribution in [1.29, 1.82) is 0 Å². The van der Waals surface area contributed by atoms with Crippen LogP contribution in [-0.4, -0.2) is 37.4 Å². The fourth-order valence-electron chi connectivity index (χ4n) is 3.55. The predicted octanol–water partition coefficient (Wildman–Crippen LogP) is 4.07. The molecular formula is C20H23FN6O2. The van der Waals surface area contributed by atoms with E-state index in [-0.39, 0.29) is 17.8 Å². The number of likely N-dealkylation sites (tertiary alicyclic amines) is 1. The van der Waals surface area contributed by atoms with Crippen molar-refractivity contribution in [3.05, 3.63) is 47.8 Å². The van der Waals surface area contributed by atoms with Gasteiger partial charge in [-0.15, -0.1) is 0 Å². The number of rotatable bonds is 3. The highest BCUT2D eigenvalue weighted by atomic mass is 19.1. The van der Waals surface area contributed by atoms with Crippen molar-refractivity contribution >= 4 is 11.7 Å². The van der Waals surface area contributed by atoms with Crippen molar-refractivity contribution in [1.82, 2.24) is 24.8 Å². The summed E-state index contributed by atoms with van der Waals surface area (Å²) in [5, 5.41) is 10.9. The molecule has 1 saturated heterocycles. The molecule has 0 radical (unpaired) electrons. The number of hydrogen-bond acceptors (Lipinski definition) is 5. The molecule has 2 aromatic heterocycles. The van der Waals surface area contributed by atoms with E-state index in [9.17, 15) is 9.18 Å². The van der Waals surface area contributed by atoms with Gasteiger partial charge in [-0.1, -0.05) is 24.1 Å². The summed E-state index contributed by atoms with van der Waals surface area (Å²) < 4.78 is 21.2. The maximum Gasteiger partial charge on any atom is 0.322 e. The van der Waals surface area contributed by atoms with Crippen LogP contribution in [0.25, 0.3) is 11.5 Å². The zero-order chi connectivity index (χ0) is 20.4. The molecular weight excluding hydrogens is 375 g/mol. The van der Waals surface area contributed by atoms with E-state index < -0.39 is 5.82 Å². The number of nitrogens with one attached hydrogen (secondary N) is 1. The number of aromatic nitrogens is 4. The maximum atomic E-state index is 14.2. The van der Waals surface area contributed by atoms with Gasteiger partial charge < -0.3 is 14.7 Å². The number of benzene rings is 1. The fourth-order valence-corrected chi connectivity index (χ4v) is 3.55. The molecule has 0 aliphatic carbocycles. The van der Waals surface area contributed by atoms with Crippen LogP contribution >= 0.6 is 0 Å². The molecule has 1 unspecified atom stereocenters. The van der Waals surface area contributed by atoms with Crippen molar-refractivity contribution in [3.63, 3.8) is 0 Å². The lowest BCUT2D eigenvalue weighted by Crippen LogP contribution is -2.38. The van der Waals surface area contributed by atoms with Crippen LogP contribution in [0.5, 0.6) is 0 Å². The normalized spacial score (nSPS) is 17.2. The van der Waals surface area contributed by atoms with Crippen molar-refractivity contribution in [3.8, 4) is 11.5 Å². The average Bonchev–Trinajstić information content (AvgIpc) is 3.27. The summed E-state index contributed by atoms with van der Waals surface area (Å²) in [6.45, 7) is 2.34. The minimum Gasteiger partial charge on any atom is -0.334 e. The monoisotopic (exact) mass is 398 g/mol. The van der Waals surface area contributed by atoms with E-state index in [0.29, 0.717) is 18.3 Å². The third-order valence-corrected chi connectivity index (χ3v) is 5.07. The summed E-state index contributed by atoms with van der Waals surface area (Å²) in [5.41, 5.74) is 1.67. The minimum atomic E-state index is -0.455. The number of hydrogen-bond donors (Lipinski definition) is 1. The number of urea groups is 1. The molecule has 4 rings (SSSR count). The topological polar surface area (TPSA) is 89.1 Å². The molecule has 1 fully saturated rings. The van der Waals surface area contributed by atoms with E-state index in [4.69, 9.17) is 4.52 Å². The fraction of sp³-hybridized carbons (Fsp3) is 0.400. The molecule has 2 amide bonds. The van der Waals surface area contributed by atoms with E-state index in [1.54, 1.807) is 41.0 Å². The molecule has 0 spiro atoms. The number of carbonyl (C=O) groups excluding carboxylic acids is 1. The van der Waals surface area contributed by atoms with Crippen LogP contribution < -0.4 is 5.32 Å². The van der Waals surface area contributed by atoms with Gasteiger partial charge in [0.1, 0.15) is 5.82 Å². The molecule has 152 valence electrons. The summed E-state index contributed by atoms with van der Waals surface area (Å²) in [5.74, 6) is 0.357. The second-order valence-electron chi connectivity index (χ2n) is 7.33. The largest absolute Gasteiger partial charge is 0.334 e. The first-order valence-electron chi connectivity index (χ1n) is 9.67. The molecule has 1 N–H and O–H groups in total. The smallest absolute Gasteiger partial charge is 0.322 e. The highest BCUT2D eigenvalue weighted by Crippen LogP contribution is 2.30. The standard InChI is InChI=1S/C20H23FN6O2/c1-13-7-8-16(15(21)10-13)23-20(28)27-9-5-3-4-6-17(27)18-24-19(29-25-18)14-11-22-26(2)12-14/h7-8,10-12,17H,3-6,9H2,1-2H3,(H,23,28). The van der Waals surface area contributed by atoms with Gasteiger partial charge in [-0.3, -0.25) is 4.68 Å². The van der Waals surface area contributed by atoms with E-state index in [2.05, 4.69) is 20.6 Å². The Morgan fingerprint density at radius 3 is 2.93 bits per heavy atom. The van der Waals surface area contributed by atoms with Crippen LogP contribution in [0.15, 0.2) is 35.1 Å². The lowest BCUT2D eigenvalue weighted by Gasteiger charge is -2.28. The summed E-state index contributed by atoms with van der Waals surface area (Å²) in [7, 11) is 1.81. The molecule has 1 aromatic carbocycles. The summed E-state index contributed by atoms with van der Waals surface area (Å²) in [4.78, 5) is 19.1. The number of halogens is 1. The first-order chi connectivity index (χ1) is 14.0. The number of anilines is 1. The van der Waals surface area contributed by atoms with Crippen molar-refractivity contribution in [2.24, 2.45) is 7.05 Å². The van der Waals surface area contributed by atoms with Gasteiger partial charge in [0, 0.05) is 19.8 Å². The number of amides is 2. The molecule has 1 aliphatic heterocycles. The van der Waals surface area contributed by atoms with Gasteiger partial charge in [-0.05, 0) is 37.5 Å². The Kier molecular flexibility index (Phi) is 5.28. The SMILES string of the molecule is Cc1ccc(NC(=O)N2CCCCCC2c2noc(-c3cnn(C)c3)n2)c(F)c1. The molecule has 0 bridgehead atoms. The second-order valence-corrected chi connectivity index (χ2v) is 7.33. The Bertz CT molecular complexity index is 1010. The first kappa shape index (κ1) is 19.1. The number of nitrogens with zero attached hydrogens (tertiary/aromatic N) is 5. The zero-order valence-corrected chi connectivity index (χ0v) is 16.4. The van der Waals surface area contributed by atoms with Crippen LogP contribution in [0.4, 0.5) is 14.9 Å². The Hall–Kier alpha value is -3.23. The molecule has 29 heavy (non-hydrogen) atoms. The molecule has 9 heteroatoms. The minimum absolute atomic E-state index is 0.160. The number of carbonyl (C=O) groups is 1. The molecule has 3 heterocycles. The lowest BCUT2D eigenvalue weighted by atomic mass is 10.1. The number of aryl methyl sites for hydroxylation is 2. The zero-order valence-electron chi connectivity index (χ0n) is 16.4. The van der Waals surface area contributed by atoms with E-state index >= 15 is 0 Å². The van der Waals surface area contributed by atoms with E-state index in [0.717, 1.165) is 36.8 Å². The second kappa shape index (κ2) is 8.02. The first-order valence-corrected chi connectivity index (χ1v) is 9.67. The maximum absolute atomic E-state index is 14.2. The molecule has 0 saturated carbocycles. The third kappa shape index (κ3) is 4.13. The third-order valence-electron chi connectivity index (χ3n) is 5.07.